The maximum Gasteiger partial charge on any atom is 0.334 e. The van der Waals surface area contributed by atoms with Gasteiger partial charge in [-0.15, -0.1) is 0 Å². The van der Waals surface area contributed by atoms with E-state index in [2.05, 4.69) is 6.58 Å². The number of rotatable bonds is 2. The average Bonchev–Trinajstić information content (AvgIpc) is 3.04. The molecule has 3 rings (SSSR count). The standard InChI is InChI=1S/C20H22O6/c1-5-11(3)18(21)25-16-9-13-8-14(24-20(13)23)6-10(2)7-15-17(16)12(4)19(22)26-15/h5,7-8,14-17H,4,6,9H2,1-3H3/b10-7-,11-5-/t14-,15-,16?,17?/m0/s1. The highest BCUT2D eigenvalue weighted by molar-refractivity contribution is 5.93. The monoisotopic (exact) mass is 358 g/mol. The van der Waals surface area contributed by atoms with Gasteiger partial charge in [0.15, 0.2) is 0 Å². The molecular weight excluding hydrogens is 336 g/mol. The Morgan fingerprint density at radius 2 is 1.96 bits per heavy atom. The number of fused-ring (bicyclic) bond motifs is 2. The van der Waals surface area contributed by atoms with E-state index in [1.165, 1.54) is 0 Å². The van der Waals surface area contributed by atoms with Crippen molar-refractivity contribution in [3.05, 3.63) is 47.1 Å². The van der Waals surface area contributed by atoms with Gasteiger partial charge in [-0.3, -0.25) is 0 Å². The second-order valence-electron chi connectivity index (χ2n) is 6.89. The molecule has 0 aromatic rings. The fourth-order valence-corrected chi connectivity index (χ4v) is 3.44. The first-order chi connectivity index (χ1) is 12.3. The highest BCUT2D eigenvalue weighted by Gasteiger charge is 2.46. The number of allylic oxidation sites excluding steroid dienone is 1. The van der Waals surface area contributed by atoms with Gasteiger partial charge in [0, 0.05) is 29.6 Å². The molecule has 0 N–H and O–H groups in total. The summed E-state index contributed by atoms with van der Waals surface area (Å²) >= 11 is 0. The van der Waals surface area contributed by atoms with Crippen LogP contribution < -0.4 is 0 Å². The van der Waals surface area contributed by atoms with Crippen molar-refractivity contribution in [1.29, 1.82) is 0 Å². The number of ether oxygens (including phenoxy) is 3. The molecule has 0 aromatic carbocycles. The zero-order chi connectivity index (χ0) is 19.0. The average molecular weight is 358 g/mol. The molecule has 1 fully saturated rings. The Morgan fingerprint density at radius 3 is 2.65 bits per heavy atom. The second kappa shape index (κ2) is 6.94. The van der Waals surface area contributed by atoms with E-state index in [0.717, 1.165) is 5.57 Å². The summed E-state index contributed by atoms with van der Waals surface area (Å²) in [5, 5.41) is 0. The predicted molar refractivity (Wildman–Crippen MR) is 92.8 cm³/mol. The first-order valence-electron chi connectivity index (χ1n) is 8.62. The molecule has 0 aromatic heterocycles. The zero-order valence-corrected chi connectivity index (χ0v) is 15.1. The molecule has 0 amide bonds. The molecule has 2 heterocycles. The van der Waals surface area contributed by atoms with Crippen molar-refractivity contribution in [2.24, 2.45) is 5.92 Å². The molecule has 26 heavy (non-hydrogen) atoms. The molecule has 3 aliphatic rings. The van der Waals surface area contributed by atoms with E-state index in [0.29, 0.717) is 17.6 Å². The molecule has 0 radical (unpaired) electrons. The molecule has 138 valence electrons. The third kappa shape index (κ3) is 3.36. The molecule has 2 unspecified atom stereocenters. The van der Waals surface area contributed by atoms with Gasteiger partial charge in [-0.2, -0.15) is 0 Å². The Balaban J connectivity index is 2.00. The maximum atomic E-state index is 12.3. The van der Waals surface area contributed by atoms with Crippen LogP contribution in [0.1, 0.15) is 33.6 Å². The number of esters is 3. The Morgan fingerprint density at radius 1 is 1.23 bits per heavy atom. The molecule has 6 heteroatoms. The van der Waals surface area contributed by atoms with Gasteiger partial charge >= 0.3 is 17.9 Å². The molecular formula is C20H22O6. The number of hydrogen-bond acceptors (Lipinski definition) is 6. The predicted octanol–water partition coefficient (Wildman–Crippen LogP) is 2.55. The topological polar surface area (TPSA) is 78.9 Å². The van der Waals surface area contributed by atoms with E-state index in [9.17, 15) is 14.4 Å². The van der Waals surface area contributed by atoms with Crippen molar-refractivity contribution < 1.29 is 28.6 Å². The SMILES string of the molecule is C=C1C(=O)O[C@H]2/C=C(/C)C[C@H]3C=C(CC(OC(=O)/C(C)=C\C)C12)C(=O)O3. The van der Waals surface area contributed by atoms with Gasteiger partial charge in [0.05, 0.1) is 5.92 Å². The van der Waals surface area contributed by atoms with E-state index < -0.39 is 36.0 Å². The molecule has 4 atom stereocenters. The summed E-state index contributed by atoms with van der Waals surface area (Å²) in [7, 11) is 0. The Hall–Kier alpha value is -2.63. The fourth-order valence-electron chi connectivity index (χ4n) is 3.44. The van der Waals surface area contributed by atoms with Crippen LogP contribution >= 0.6 is 0 Å². The third-order valence-electron chi connectivity index (χ3n) is 4.98. The van der Waals surface area contributed by atoms with Crippen LogP contribution in [-0.2, 0) is 28.6 Å². The van der Waals surface area contributed by atoms with Gasteiger partial charge < -0.3 is 14.2 Å². The van der Waals surface area contributed by atoms with Crippen LogP contribution in [0.5, 0.6) is 0 Å². The summed E-state index contributed by atoms with van der Waals surface area (Å²) in [6, 6.07) is 0. The smallest absolute Gasteiger partial charge is 0.334 e. The Labute approximate surface area is 152 Å². The van der Waals surface area contributed by atoms with E-state index in [1.807, 2.05) is 13.0 Å². The highest BCUT2D eigenvalue weighted by Crippen LogP contribution is 2.38. The minimum Gasteiger partial charge on any atom is -0.458 e. The lowest BCUT2D eigenvalue weighted by Gasteiger charge is -2.26. The summed E-state index contributed by atoms with van der Waals surface area (Å²) in [5.41, 5.74) is 2.07. The van der Waals surface area contributed by atoms with Gasteiger partial charge in [-0.05, 0) is 32.9 Å². The molecule has 1 saturated heterocycles. The van der Waals surface area contributed by atoms with Gasteiger partial charge in [0.1, 0.15) is 18.3 Å². The Bertz CT molecular complexity index is 769. The molecule has 1 aliphatic carbocycles. The summed E-state index contributed by atoms with van der Waals surface area (Å²) in [6.45, 7) is 9.10. The van der Waals surface area contributed by atoms with E-state index >= 15 is 0 Å². The number of hydrogen-bond donors (Lipinski definition) is 0. The van der Waals surface area contributed by atoms with Crippen molar-refractivity contribution in [3.63, 3.8) is 0 Å². The third-order valence-corrected chi connectivity index (χ3v) is 4.98. The molecule has 0 spiro atoms. The summed E-state index contributed by atoms with van der Waals surface area (Å²) in [4.78, 5) is 36.6. The Kier molecular flexibility index (Phi) is 4.85. The van der Waals surface area contributed by atoms with Crippen molar-refractivity contribution in [1.82, 2.24) is 0 Å². The van der Waals surface area contributed by atoms with E-state index in [1.54, 1.807) is 26.0 Å². The quantitative estimate of drug-likeness (QED) is 0.327. The van der Waals surface area contributed by atoms with Crippen LogP contribution in [0, 0.1) is 5.92 Å². The van der Waals surface area contributed by atoms with Crippen molar-refractivity contribution in [3.8, 4) is 0 Å². The zero-order valence-electron chi connectivity index (χ0n) is 15.1. The number of carbonyl (C=O) groups is 3. The first kappa shape index (κ1) is 18.2. The highest BCUT2D eigenvalue weighted by atomic mass is 16.6. The molecule has 2 aliphatic heterocycles. The lowest BCUT2D eigenvalue weighted by Crippen LogP contribution is -2.34. The van der Waals surface area contributed by atoms with Crippen LogP contribution in [0.2, 0.25) is 0 Å². The van der Waals surface area contributed by atoms with Gasteiger partial charge in [0.25, 0.3) is 0 Å². The normalized spacial score (nSPS) is 33.5. The first-order valence-corrected chi connectivity index (χ1v) is 8.62. The van der Waals surface area contributed by atoms with E-state index in [-0.39, 0.29) is 18.1 Å². The van der Waals surface area contributed by atoms with Crippen molar-refractivity contribution >= 4 is 17.9 Å². The van der Waals surface area contributed by atoms with Gasteiger partial charge in [-0.1, -0.05) is 18.2 Å². The lowest BCUT2D eigenvalue weighted by atomic mass is 9.85. The molecule has 6 nitrogen and oxygen atoms in total. The van der Waals surface area contributed by atoms with Gasteiger partial charge in [0.2, 0.25) is 0 Å². The fraction of sp³-hybridized carbons (Fsp3) is 0.450. The minimum atomic E-state index is -0.749. The van der Waals surface area contributed by atoms with Crippen LogP contribution in [0.25, 0.3) is 0 Å². The lowest BCUT2D eigenvalue weighted by molar-refractivity contribution is -0.148. The maximum absolute atomic E-state index is 12.3. The summed E-state index contributed by atoms with van der Waals surface area (Å²) in [6.07, 6.45) is 4.26. The molecule has 0 saturated carbocycles. The van der Waals surface area contributed by atoms with Crippen LogP contribution in [0.4, 0.5) is 0 Å². The number of carbonyl (C=O) groups excluding carboxylic acids is 3. The van der Waals surface area contributed by atoms with Crippen molar-refractivity contribution in [2.75, 3.05) is 0 Å². The van der Waals surface area contributed by atoms with Gasteiger partial charge in [-0.25, -0.2) is 14.4 Å². The second-order valence-corrected chi connectivity index (χ2v) is 6.89. The van der Waals surface area contributed by atoms with Crippen LogP contribution in [0.3, 0.4) is 0 Å². The molecule has 2 bridgehead atoms. The largest absolute Gasteiger partial charge is 0.458 e. The van der Waals surface area contributed by atoms with Crippen LogP contribution in [-0.4, -0.2) is 36.2 Å². The summed E-state index contributed by atoms with van der Waals surface area (Å²) < 4.78 is 16.5. The summed E-state index contributed by atoms with van der Waals surface area (Å²) in [5.74, 6) is -1.96. The van der Waals surface area contributed by atoms with Crippen LogP contribution in [0.15, 0.2) is 47.1 Å². The van der Waals surface area contributed by atoms with Crippen molar-refractivity contribution in [2.45, 2.75) is 51.9 Å². The minimum absolute atomic E-state index is 0.155. The van der Waals surface area contributed by atoms with E-state index in [4.69, 9.17) is 14.2 Å².